The first-order valence-electron chi connectivity index (χ1n) is 13.6. The van der Waals surface area contributed by atoms with Crippen molar-refractivity contribution >= 4 is 8.07 Å². The normalized spacial score (nSPS) is 18.8. The van der Waals surface area contributed by atoms with Crippen LogP contribution in [0.1, 0.15) is 44.4 Å². The predicted octanol–water partition coefficient (Wildman–Crippen LogP) is 9.92. The summed E-state index contributed by atoms with van der Waals surface area (Å²) in [5.41, 5.74) is 11.2. The Morgan fingerprint density at radius 2 is 0.944 bits per heavy atom. The molecule has 0 radical (unpaired) electrons. The zero-order valence-electron chi connectivity index (χ0n) is 23.5. The first-order chi connectivity index (χ1) is 17.1. The van der Waals surface area contributed by atoms with Crippen LogP contribution < -0.4 is 0 Å². The molecule has 0 nitrogen and oxygen atoms in total. The topological polar surface area (TPSA) is 0 Å². The molecule has 0 aliphatic heterocycles. The minimum absolute atomic E-state index is 0.177. The van der Waals surface area contributed by atoms with Gasteiger partial charge in [0.1, 0.15) is 0 Å². The van der Waals surface area contributed by atoms with Crippen molar-refractivity contribution in [2.75, 3.05) is 0 Å². The van der Waals surface area contributed by atoms with Gasteiger partial charge in [0.15, 0.2) is 0 Å². The molecule has 3 aromatic rings. The summed E-state index contributed by atoms with van der Waals surface area (Å²) in [6, 6.07) is 35.5. The molecule has 0 fully saturated rings. The molecule has 0 N–H and O–H groups in total. The van der Waals surface area contributed by atoms with E-state index >= 15 is 0 Å². The third kappa shape index (κ3) is 5.49. The summed E-state index contributed by atoms with van der Waals surface area (Å²) in [7, 11) is -1.32. The average Bonchev–Trinajstić information content (AvgIpc) is 3.01. The Labute approximate surface area is 224 Å². The van der Waals surface area contributed by atoms with Gasteiger partial charge in [-0.05, 0) is 0 Å². The van der Waals surface area contributed by atoms with Gasteiger partial charge in [0.05, 0.1) is 0 Å². The Morgan fingerprint density at radius 3 is 1.28 bits per heavy atom. The van der Waals surface area contributed by atoms with Crippen LogP contribution in [0.5, 0.6) is 0 Å². The van der Waals surface area contributed by atoms with Crippen molar-refractivity contribution in [2.24, 2.45) is 0 Å². The van der Waals surface area contributed by atoms with Crippen LogP contribution in [-0.4, -0.2) is 8.07 Å². The Bertz CT molecular complexity index is 1130. The second-order valence-electron chi connectivity index (χ2n) is 12.5. The van der Waals surface area contributed by atoms with Crippen LogP contribution in [0.2, 0.25) is 29.4 Å². The third-order valence-corrected chi connectivity index (χ3v) is 19.7. The molecule has 0 spiro atoms. The molecule has 2 heteroatoms. The monoisotopic (exact) mass is 528 g/mol. The van der Waals surface area contributed by atoms with E-state index in [4.69, 9.17) is 0 Å². The quantitative estimate of drug-likeness (QED) is 0.242. The third-order valence-electron chi connectivity index (χ3n) is 8.85. The van der Waals surface area contributed by atoms with Gasteiger partial charge < -0.3 is 0 Å². The fourth-order valence-electron chi connectivity index (χ4n) is 6.72. The SMILES string of the molecule is CC1=C(C)[C](C)([Ti]([CH2]c2ccccc2)([CH2]c2ccccc2)[CH2]c2ccccc2)C(C[Si](C)(C)C)=C1C. The van der Waals surface area contributed by atoms with Gasteiger partial charge in [-0.1, -0.05) is 0 Å². The van der Waals surface area contributed by atoms with Gasteiger partial charge in [0, 0.05) is 0 Å². The molecule has 0 heterocycles. The summed E-state index contributed by atoms with van der Waals surface area (Å²) in [6.45, 7) is 17.7. The maximum absolute atomic E-state index is 2.85. The van der Waals surface area contributed by atoms with Crippen LogP contribution in [-0.2, 0) is 30.8 Å². The van der Waals surface area contributed by atoms with Crippen molar-refractivity contribution < 1.29 is 16.6 Å². The van der Waals surface area contributed by atoms with Crippen molar-refractivity contribution in [1.82, 2.24) is 0 Å². The Morgan fingerprint density at radius 1 is 0.583 bits per heavy atom. The molecule has 3 aromatic carbocycles. The molecule has 4 rings (SSSR count). The number of rotatable bonds is 9. The molecule has 0 saturated heterocycles. The second-order valence-corrected chi connectivity index (χ2v) is 25.2. The summed E-state index contributed by atoms with van der Waals surface area (Å²) in [4.78, 5) is 0. The van der Waals surface area contributed by atoms with Gasteiger partial charge >= 0.3 is 226 Å². The van der Waals surface area contributed by atoms with E-state index in [1.54, 1.807) is 22.3 Å². The van der Waals surface area contributed by atoms with Crippen LogP contribution >= 0.6 is 0 Å². The molecule has 1 unspecified atom stereocenters. The van der Waals surface area contributed by atoms with E-state index in [9.17, 15) is 0 Å². The van der Waals surface area contributed by atoms with Gasteiger partial charge in [-0.15, -0.1) is 0 Å². The second kappa shape index (κ2) is 10.8. The first kappa shape index (κ1) is 27.1. The molecule has 188 valence electrons. The standard InChI is InChI=1S/C13H23Si.3C7H7.Ti/c1-9-10(2)12(4)13(11(9)3)8-14(5,6)7;3*1-7-5-3-2-4-6-7;/h8H2,1-7H3;3*2-6H,1H2;. The Balaban J connectivity index is 2.00. The molecular formula is C34H44SiTi. The molecule has 0 aromatic heterocycles. The van der Waals surface area contributed by atoms with Crippen LogP contribution in [0.25, 0.3) is 0 Å². The first-order valence-corrected chi connectivity index (χ1v) is 21.4. The summed E-state index contributed by atoms with van der Waals surface area (Å²) in [5, 5.41) is 0. The number of benzene rings is 3. The molecule has 0 amide bonds. The van der Waals surface area contributed by atoms with Crippen molar-refractivity contribution in [3.63, 3.8) is 0 Å². The van der Waals surface area contributed by atoms with E-state index in [1.807, 2.05) is 0 Å². The fourth-order valence-corrected chi connectivity index (χ4v) is 18.6. The fraction of sp³-hybridized carbons (Fsp3) is 0.353. The molecule has 36 heavy (non-hydrogen) atoms. The summed E-state index contributed by atoms with van der Waals surface area (Å²) >= 11 is -2.85. The van der Waals surface area contributed by atoms with Crippen molar-refractivity contribution in [3.8, 4) is 0 Å². The van der Waals surface area contributed by atoms with Crippen LogP contribution in [0.15, 0.2) is 113 Å². The van der Waals surface area contributed by atoms with E-state index in [0.717, 1.165) is 0 Å². The van der Waals surface area contributed by atoms with Crippen LogP contribution in [0.3, 0.4) is 0 Å². The summed E-state index contributed by atoms with van der Waals surface area (Å²) in [6.07, 6.45) is 0. The van der Waals surface area contributed by atoms with Crippen molar-refractivity contribution in [1.29, 1.82) is 0 Å². The van der Waals surface area contributed by atoms with E-state index in [0.29, 0.717) is 0 Å². The van der Waals surface area contributed by atoms with E-state index < -0.39 is 24.7 Å². The van der Waals surface area contributed by atoms with Crippen LogP contribution in [0.4, 0.5) is 0 Å². The van der Waals surface area contributed by atoms with E-state index in [-0.39, 0.29) is 3.72 Å². The van der Waals surface area contributed by atoms with Gasteiger partial charge in [-0.2, -0.15) is 0 Å². The van der Waals surface area contributed by atoms with Gasteiger partial charge in [0.25, 0.3) is 0 Å². The molecule has 1 atom stereocenters. The number of allylic oxidation sites excluding steroid dienone is 4. The summed E-state index contributed by atoms with van der Waals surface area (Å²) < 4.78 is 3.91. The average molecular weight is 529 g/mol. The Kier molecular flexibility index (Phi) is 8.15. The van der Waals surface area contributed by atoms with Crippen LogP contribution in [0, 0.1) is 0 Å². The maximum atomic E-state index is 2.69. The molecule has 0 saturated carbocycles. The molecule has 0 bridgehead atoms. The molecule has 1 aliphatic carbocycles. The molecular weight excluding hydrogens is 484 g/mol. The van der Waals surface area contributed by atoms with Crippen molar-refractivity contribution in [3.05, 3.63) is 130 Å². The summed E-state index contributed by atoms with van der Waals surface area (Å²) in [5.74, 6) is 0. The zero-order chi connectivity index (χ0) is 26.0. The minimum atomic E-state index is -2.85. The van der Waals surface area contributed by atoms with E-state index in [1.165, 1.54) is 36.9 Å². The van der Waals surface area contributed by atoms with Crippen molar-refractivity contribution in [2.45, 2.75) is 71.3 Å². The van der Waals surface area contributed by atoms with Gasteiger partial charge in [0.2, 0.25) is 0 Å². The van der Waals surface area contributed by atoms with Gasteiger partial charge in [-0.3, -0.25) is 0 Å². The van der Waals surface area contributed by atoms with Gasteiger partial charge in [-0.25, -0.2) is 0 Å². The number of hydrogen-bond donors (Lipinski definition) is 0. The predicted molar refractivity (Wildman–Crippen MR) is 158 cm³/mol. The number of hydrogen-bond acceptors (Lipinski definition) is 0. The Hall–Kier alpha value is -1.93. The molecule has 1 aliphatic rings. The zero-order valence-corrected chi connectivity index (χ0v) is 26.1. The van der Waals surface area contributed by atoms with E-state index in [2.05, 4.69) is 138 Å².